The molecule has 1 atom stereocenters. The molecule has 2 heterocycles. The summed E-state index contributed by atoms with van der Waals surface area (Å²) in [5.74, 6) is -0.126. The van der Waals surface area contributed by atoms with E-state index < -0.39 is 12.1 Å². The molecule has 1 aliphatic heterocycles. The van der Waals surface area contributed by atoms with Gasteiger partial charge in [-0.15, -0.1) is 0 Å². The van der Waals surface area contributed by atoms with Crippen molar-refractivity contribution < 1.29 is 9.18 Å². The lowest BCUT2D eigenvalue weighted by atomic mass is 10.3. The maximum absolute atomic E-state index is 13.0. The van der Waals surface area contributed by atoms with Gasteiger partial charge in [0.2, 0.25) is 0 Å². The topological polar surface area (TPSA) is 85.2 Å². The largest absolute Gasteiger partial charge is 0.397 e. The van der Waals surface area contributed by atoms with Gasteiger partial charge in [-0.1, -0.05) is 0 Å². The van der Waals surface area contributed by atoms with E-state index in [0.29, 0.717) is 25.3 Å². The molecular formula is C10H13FN4O. The highest BCUT2D eigenvalue weighted by molar-refractivity contribution is 5.96. The van der Waals surface area contributed by atoms with Crippen LogP contribution in [0.25, 0.3) is 0 Å². The zero-order valence-corrected chi connectivity index (χ0v) is 8.69. The molecule has 1 amide bonds. The molecule has 1 aromatic rings. The predicted octanol–water partition coefficient (Wildman–Crippen LogP) is 0.311. The van der Waals surface area contributed by atoms with Crippen molar-refractivity contribution in [3.8, 4) is 0 Å². The number of amides is 1. The summed E-state index contributed by atoms with van der Waals surface area (Å²) >= 11 is 0. The minimum absolute atomic E-state index is 0.0415. The highest BCUT2D eigenvalue weighted by atomic mass is 19.1. The van der Waals surface area contributed by atoms with Crippen LogP contribution >= 0.6 is 0 Å². The first-order valence-electron chi connectivity index (χ1n) is 5.03. The van der Waals surface area contributed by atoms with Crippen LogP contribution in [0.5, 0.6) is 0 Å². The van der Waals surface area contributed by atoms with Crippen LogP contribution in [0.15, 0.2) is 12.1 Å². The Morgan fingerprint density at radius 2 is 2.31 bits per heavy atom. The molecule has 4 N–H and O–H groups in total. The number of carbonyl (C=O) groups is 1. The van der Waals surface area contributed by atoms with Crippen LogP contribution in [0, 0.1) is 0 Å². The zero-order valence-electron chi connectivity index (χ0n) is 8.69. The summed E-state index contributed by atoms with van der Waals surface area (Å²) in [5.41, 5.74) is 11.0. The van der Waals surface area contributed by atoms with Crippen LogP contribution in [0.1, 0.15) is 16.9 Å². The summed E-state index contributed by atoms with van der Waals surface area (Å²) in [6.45, 7) is 0.894. The first-order valence-corrected chi connectivity index (χ1v) is 5.03. The lowest BCUT2D eigenvalue weighted by Crippen LogP contribution is -2.23. The second-order valence-electron chi connectivity index (χ2n) is 3.80. The highest BCUT2D eigenvalue weighted by Crippen LogP contribution is 2.22. The Morgan fingerprint density at radius 3 is 2.88 bits per heavy atom. The Balaban J connectivity index is 2.29. The molecule has 0 saturated carbocycles. The zero-order chi connectivity index (χ0) is 11.7. The third-order valence-corrected chi connectivity index (χ3v) is 2.60. The third-order valence-electron chi connectivity index (χ3n) is 2.60. The van der Waals surface area contributed by atoms with Crippen LogP contribution in [0.3, 0.4) is 0 Å². The summed E-state index contributed by atoms with van der Waals surface area (Å²) in [6, 6.07) is 3.23. The summed E-state index contributed by atoms with van der Waals surface area (Å²) in [7, 11) is 0. The van der Waals surface area contributed by atoms with Gasteiger partial charge in [0.05, 0.1) is 12.2 Å². The Bertz CT molecular complexity index is 423. The predicted molar refractivity (Wildman–Crippen MR) is 58.9 cm³/mol. The van der Waals surface area contributed by atoms with E-state index in [1.165, 1.54) is 0 Å². The van der Waals surface area contributed by atoms with Crippen LogP contribution in [-0.2, 0) is 0 Å². The van der Waals surface area contributed by atoms with Gasteiger partial charge in [-0.05, 0) is 18.6 Å². The normalized spacial score (nSPS) is 20.1. The Hall–Kier alpha value is -1.85. The number of nitrogens with zero attached hydrogens (tertiary/aromatic N) is 2. The molecule has 5 nitrogen and oxygen atoms in total. The molecule has 0 bridgehead atoms. The fraction of sp³-hybridized carbons (Fsp3) is 0.400. The van der Waals surface area contributed by atoms with E-state index in [9.17, 15) is 9.18 Å². The number of hydrogen-bond donors (Lipinski definition) is 2. The van der Waals surface area contributed by atoms with E-state index in [0.717, 1.165) is 0 Å². The monoisotopic (exact) mass is 224 g/mol. The van der Waals surface area contributed by atoms with Gasteiger partial charge >= 0.3 is 0 Å². The van der Waals surface area contributed by atoms with Gasteiger partial charge < -0.3 is 16.4 Å². The molecule has 2 rings (SSSR count). The molecular weight excluding hydrogens is 211 g/mol. The quantitative estimate of drug-likeness (QED) is 0.757. The van der Waals surface area contributed by atoms with Crippen LogP contribution in [-0.4, -0.2) is 30.2 Å². The van der Waals surface area contributed by atoms with Gasteiger partial charge in [0.25, 0.3) is 5.91 Å². The number of pyridine rings is 1. The standard InChI is InChI=1S/C10H13FN4O/c11-6-3-4-15(5-6)8-2-1-7(12)9(14-8)10(13)16/h1-2,6H,3-5,12H2,(H2,13,16). The highest BCUT2D eigenvalue weighted by Gasteiger charge is 2.23. The van der Waals surface area contributed by atoms with Gasteiger partial charge in [0, 0.05) is 6.54 Å². The van der Waals surface area contributed by atoms with Crippen molar-refractivity contribution in [2.24, 2.45) is 5.73 Å². The number of nitrogen functional groups attached to an aromatic ring is 1. The van der Waals surface area contributed by atoms with Crippen LogP contribution < -0.4 is 16.4 Å². The van der Waals surface area contributed by atoms with Crippen molar-refractivity contribution in [1.29, 1.82) is 0 Å². The van der Waals surface area contributed by atoms with E-state index in [1.54, 1.807) is 17.0 Å². The SMILES string of the molecule is NC(=O)c1nc(N2CCC(F)C2)ccc1N. The first-order chi connectivity index (χ1) is 7.58. The van der Waals surface area contributed by atoms with Crippen molar-refractivity contribution in [2.75, 3.05) is 23.7 Å². The average molecular weight is 224 g/mol. The number of halogens is 1. The number of carbonyl (C=O) groups excluding carboxylic acids is 1. The van der Waals surface area contributed by atoms with E-state index in [1.807, 2.05) is 0 Å². The number of anilines is 2. The van der Waals surface area contributed by atoms with E-state index in [2.05, 4.69) is 4.98 Å². The van der Waals surface area contributed by atoms with E-state index in [4.69, 9.17) is 11.5 Å². The molecule has 86 valence electrons. The number of alkyl halides is 1. The molecule has 1 saturated heterocycles. The molecule has 16 heavy (non-hydrogen) atoms. The van der Waals surface area contributed by atoms with Crippen molar-refractivity contribution >= 4 is 17.4 Å². The Labute approximate surface area is 92.2 Å². The molecule has 0 spiro atoms. The van der Waals surface area contributed by atoms with E-state index in [-0.39, 0.29) is 11.4 Å². The van der Waals surface area contributed by atoms with Crippen molar-refractivity contribution in [3.63, 3.8) is 0 Å². The fourth-order valence-corrected chi connectivity index (χ4v) is 1.76. The van der Waals surface area contributed by atoms with Gasteiger partial charge in [-0.2, -0.15) is 0 Å². The summed E-state index contributed by atoms with van der Waals surface area (Å²) in [5, 5.41) is 0. The second kappa shape index (κ2) is 3.96. The number of nitrogens with two attached hydrogens (primary N) is 2. The molecule has 0 radical (unpaired) electrons. The molecule has 1 aliphatic rings. The minimum Gasteiger partial charge on any atom is -0.397 e. The fourth-order valence-electron chi connectivity index (χ4n) is 1.76. The summed E-state index contributed by atoms with van der Waals surface area (Å²) in [6.07, 6.45) is -0.353. The Kier molecular flexibility index (Phi) is 2.64. The van der Waals surface area contributed by atoms with Crippen molar-refractivity contribution in [3.05, 3.63) is 17.8 Å². The smallest absolute Gasteiger partial charge is 0.269 e. The number of primary amides is 1. The minimum atomic E-state index is -0.837. The molecule has 0 aromatic carbocycles. The number of hydrogen-bond acceptors (Lipinski definition) is 4. The average Bonchev–Trinajstić information content (AvgIpc) is 2.65. The van der Waals surface area contributed by atoms with Gasteiger partial charge in [0.1, 0.15) is 12.0 Å². The second-order valence-corrected chi connectivity index (χ2v) is 3.80. The third kappa shape index (κ3) is 1.91. The number of rotatable bonds is 2. The summed E-state index contributed by atoms with van der Waals surface area (Å²) in [4.78, 5) is 16.9. The van der Waals surface area contributed by atoms with Crippen LogP contribution in [0.2, 0.25) is 0 Å². The molecule has 6 heteroatoms. The van der Waals surface area contributed by atoms with Gasteiger partial charge in [0.15, 0.2) is 5.69 Å². The maximum Gasteiger partial charge on any atom is 0.269 e. The van der Waals surface area contributed by atoms with Crippen molar-refractivity contribution in [1.82, 2.24) is 4.98 Å². The van der Waals surface area contributed by atoms with Crippen LogP contribution in [0.4, 0.5) is 15.9 Å². The first kappa shape index (κ1) is 10.7. The van der Waals surface area contributed by atoms with Gasteiger partial charge in [-0.25, -0.2) is 9.37 Å². The lowest BCUT2D eigenvalue weighted by Gasteiger charge is -2.17. The number of aromatic nitrogens is 1. The van der Waals surface area contributed by atoms with Crippen molar-refractivity contribution in [2.45, 2.75) is 12.6 Å². The summed E-state index contributed by atoms with van der Waals surface area (Å²) < 4.78 is 13.0. The molecule has 1 unspecified atom stereocenters. The van der Waals surface area contributed by atoms with Gasteiger partial charge in [-0.3, -0.25) is 4.79 Å². The molecule has 0 aliphatic carbocycles. The Morgan fingerprint density at radius 1 is 1.56 bits per heavy atom. The lowest BCUT2D eigenvalue weighted by molar-refractivity contribution is 0.0996. The molecule has 1 fully saturated rings. The molecule has 1 aromatic heterocycles. The maximum atomic E-state index is 13.0. The van der Waals surface area contributed by atoms with E-state index >= 15 is 0 Å².